The molecule has 80 valence electrons. The third kappa shape index (κ3) is 2.91. The van der Waals surface area contributed by atoms with Gasteiger partial charge in [-0.1, -0.05) is 0 Å². The van der Waals surface area contributed by atoms with Gasteiger partial charge in [0, 0.05) is 6.54 Å². The smallest absolute Gasteiger partial charge is 0.238 e. The van der Waals surface area contributed by atoms with Gasteiger partial charge < -0.3 is 5.73 Å². The van der Waals surface area contributed by atoms with Crippen molar-refractivity contribution in [1.29, 1.82) is 0 Å². The Morgan fingerprint density at radius 1 is 1.36 bits per heavy atom. The molecule has 4 nitrogen and oxygen atoms in total. The molecule has 0 atom stereocenters. The lowest BCUT2D eigenvalue weighted by molar-refractivity contribution is 0.594. The van der Waals surface area contributed by atoms with Crippen molar-refractivity contribution >= 4 is 22.4 Å². The van der Waals surface area contributed by atoms with Gasteiger partial charge in [0.15, 0.2) is 0 Å². The van der Waals surface area contributed by atoms with Crippen LogP contribution in [-0.4, -0.2) is 8.42 Å². The van der Waals surface area contributed by atoms with Crippen LogP contribution in [0.15, 0.2) is 23.1 Å². The van der Waals surface area contributed by atoms with Crippen LogP contribution in [0.5, 0.6) is 0 Å². The van der Waals surface area contributed by atoms with Crippen molar-refractivity contribution < 1.29 is 12.8 Å². The first-order chi connectivity index (χ1) is 5.95. The Bertz CT molecular complexity index is 422. The zero-order chi connectivity index (χ0) is 10.1. The third-order valence-corrected chi connectivity index (χ3v) is 2.56. The van der Waals surface area contributed by atoms with E-state index in [1.165, 1.54) is 0 Å². The predicted octanol–water partition coefficient (Wildman–Crippen LogP) is 0.354. The molecule has 0 aliphatic carbocycles. The molecule has 1 rings (SSSR count). The summed E-state index contributed by atoms with van der Waals surface area (Å²) in [7, 11) is -3.81. The minimum atomic E-state index is -3.81. The Kier molecular flexibility index (Phi) is 4.47. The van der Waals surface area contributed by atoms with Crippen molar-refractivity contribution in [3.63, 3.8) is 0 Å². The van der Waals surface area contributed by atoms with Gasteiger partial charge in [0.1, 0.15) is 5.82 Å². The van der Waals surface area contributed by atoms with Crippen LogP contribution < -0.4 is 10.9 Å². The lowest BCUT2D eigenvalue weighted by Crippen LogP contribution is -2.16. The zero-order valence-electron chi connectivity index (χ0n) is 7.10. The second-order valence-electron chi connectivity index (χ2n) is 2.50. The highest BCUT2D eigenvalue weighted by Crippen LogP contribution is 2.14. The number of nitrogens with two attached hydrogens (primary N) is 2. The fourth-order valence-corrected chi connectivity index (χ4v) is 1.75. The minimum absolute atomic E-state index is 0. The molecule has 4 N–H and O–H groups in total. The zero-order valence-corrected chi connectivity index (χ0v) is 8.74. The van der Waals surface area contributed by atoms with Gasteiger partial charge in [-0.3, -0.25) is 0 Å². The molecular weight excluding hydrogens is 231 g/mol. The van der Waals surface area contributed by atoms with E-state index in [-0.39, 0.29) is 29.4 Å². The third-order valence-electron chi connectivity index (χ3n) is 1.55. The number of hydrogen-bond acceptors (Lipinski definition) is 3. The summed E-state index contributed by atoms with van der Waals surface area (Å²) in [5, 5.41) is 4.88. The molecular formula is C7H10ClFN2O2S. The van der Waals surface area contributed by atoms with Crippen LogP contribution in [0.25, 0.3) is 0 Å². The van der Waals surface area contributed by atoms with Crippen molar-refractivity contribution in [2.45, 2.75) is 11.4 Å². The minimum Gasteiger partial charge on any atom is -0.326 e. The van der Waals surface area contributed by atoms with Crippen molar-refractivity contribution in [3.05, 3.63) is 29.6 Å². The molecule has 0 spiro atoms. The van der Waals surface area contributed by atoms with E-state index < -0.39 is 15.8 Å². The van der Waals surface area contributed by atoms with E-state index in [0.29, 0.717) is 0 Å². The summed E-state index contributed by atoms with van der Waals surface area (Å²) in [4.78, 5) is -0.128. The summed E-state index contributed by atoms with van der Waals surface area (Å²) >= 11 is 0. The first kappa shape index (κ1) is 13.3. The molecule has 14 heavy (non-hydrogen) atoms. The van der Waals surface area contributed by atoms with Crippen LogP contribution in [0.1, 0.15) is 5.56 Å². The molecule has 0 bridgehead atoms. The van der Waals surface area contributed by atoms with Gasteiger partial charge in [-0.2, -0.15) is 0 Å². The molecule has 0 radical (unpaired) electrons. The van der Waals surface area contributed by atoms with E-state index in [1.807, 2.05) is 0 Å². The Hall–Kier alpha value is -0.690. The number of halogens is 2. The molecule has 0 saturated carbocycles. The van der Waals surface area contributed by atoms with E-state index in [4.69, 9.17) is 10.9 Å². The fourth-order valence-electron chi connectivity index (χ4n) is 0.985. The molecule has 0 aromatic heterocycles. The van der Waals surface area contributed by atoms with Gasteiger partial charge in [0.05, 0.1) is 4.90 Å². The van der Waals surface area contributed by atoms with E-state index >= 15 is 0 Å². The van der Waals surface area contributed by atoms with E-state index in [0.717, 1.165) is 18.2 Å². The van der Waals surface area contributed by atoms with Gasteiger partial charge in [-0.25, -0.2) is 17.9 Å². The molecule has 0 unspecified atom stereocenters. The van der Waals surface area contributed by atoms with Crippen molar-refractivity contribution in [2.75, 3.05) is 0 Å². The molecule has 0 fully saturated rings. The van der Waals surface area contributed by atoms with Gasteiger partial charge >= 0.3 is 0 Å². The molecule has 0 saturated heterocycles. The summed E-state index contributed by atoms with van der Waals surface area (Å²) < 4.78 is 34.5. The second kappa shape index (κ2) is 4.70. The average Bonchev–Trinajstić information content (AvgIpc) is 2.01. The van der Waals surface area contributed by atoms with Crippen LogP contribution in [0.4, 0.5) is 4.39 Å². The maximum atomic E-state index is 12.6. The maximum absolute atomic E-state index is 12.6. The number of primary sulfonamides is 1. The van der Waals surface area contributed by atoms with Crippen LogP contribution in [-0.2, 0) is 16.6 Å². The number of hydrogen-bond donors (Lipinski definition) is 2. The largest absolute Gasteiger partial charge is 0.326 e. The first-order valence-corrected chi connectivity index (χ1v) is 5.01. The van der Waals surface area contributed by atoms with E-state index in [1.54, 1.807) is 0 Å². The van der Waals surface area contributed by atoms with Gasteiger partial charge in [-0.15, -0.1) is 12.4 Å². The van der Waals surface area contributed by atoms with Crippen molar-refractivity contribution in [3.8, 4) is 0 Å². The molecule has 0 amide bonds. The Labute approximate surface area is 87.6 Å². The topological polar surface area (TPSA) is 86.2 Å². The highest BCUT2D eigenvalue weighted by atomic mass is 35.5. The SMILES string of the molecule is Cl.NCc1cc(F)ccc1S(N)(=O)=O. The van der Waals surface area contributed by atoms with Crippen LogP contribution in [0.3, 0.4) is 0 Å². The molecule has 1 aromatic carbocycles. The number of benzene rings is 1. The second-order valence-corrected chi connectivity index (χ2v) is 4.03. The highest BCUT2D eigenvalue weighted by molar-refractivity contribution is 7.89. The monoisotopic (exact) mass is 240 g/mol. The predicted molar refractivity (Wildman–Crippen MR) is 52.9 cm³/mol. The lowest BCUT2D eigenvalue weighted by Gasteiger charge is -2.04. The number of rotatable bonds is 2. The lowest BCUT2D eigenvalue weighted by atomic mass is 10.2. The molecule has 7 heteroatoms. The average molecular weight is 241 g/mol. The fraction of sp³-hybridized carbons (Fsp3) is 0.143. The first-order valence-electron chi connectivity index (χ1n) is 3.46. The normalized spacial score (nSPS) is 10.8. The quantitative estimate of drug-likeness (QED) is 0.782. The van der Waals surface area contributed by atoms with E-state index in [9.17, 15) is 12.8 Å². The van der Waals surface area contributed by atoms with Crippen LogP contribution in [0, 0.1) is 5.82 Å². The summed E-state index contributed by atoms with van der Waals surface area (Å²) in [6.07, 6.45) is 0. The van der Waals surface area contributed by atoms with Crippen LogP contribution >= 0.6 is 12.4 Å². The molecule has 0 heterocycles. The summed E-state index contributed by atoms with van der Waals surface area (Å²) in [5.41, 5.74) is 5.41. The van der Waals surface area contributed by atoms with E-state index in [2.05, 4.69) is 0 Å². The van der Waals surface area contributed by atoms with Gasteiger partial charge in [0.25, 0.3) is 0 Å². The molecule has 0 aliphatic rings. The summed E-state index contributed by atoms with van der Waals surface area (Å²) in [5.74, 6) is -0.534. The summed E-state index contributed by atoms with van der Waals surface area (Å²) in [6.45, 7) is -0.0659. The van der Waals surface area contributed by atoms with Gasteiger partial charge in [-0.05, 0) is 23.8 Å². The Balaban J connectivity index is 0.00000169. The summed E-state index contributed by atoms with van der Waals surface area (Å²) in [6, 6.07) is 3.19. The van der Waals surface area contributed by atoms with Crippen LogP contribution in [0.2, 0.25) is 0 Å². The standard InChI is InChI=1S/C7H9FN2O2S.ClH/c8-6-1-2-7(13(10,11)12)5(3-6)4-9;/h1-3H,4,9H2,(H2,10,11,12);1H. The Morgan fingerprint density at radius 3 is 2.36 bits per heavy atom. The van der Waals surface area contributed by atoms with Crippen molar-refractivity contribution in [1.82, 2.24) is 0 Å². The van der Waals surface area contributed by atoms with Crippen molar-refractivity contribution in [2.24, 2.45) is 10.9 Å². The molecule has 1 aromatic rings. The molecule has 0 aliphatic heterocycles. The number of sulfonamides is 1. The maximum Gasteiger partial charge on any atom is 0.238 e. The van der Waals surface area contributed by atoms with Gasteiger partial charge in [0.2, 0.25) is 10.0 Å². The highest BCUT2D eigenvalue weighted by Gasteiger charge is 2.12. The Morgan fingerprint density at radius 2 is 1.93 bits per heavy atom.